The Bertz CT molecular complexity index is 444. The fourth-order valence-electron chi connectivity index (χ4n) is 1.73. The lowest BCUT2D eigenvalue weighted by atomic mass is 10.2. The van der Waals surface area contributed by atoms with E-state index in [-0.39, 0.29) is 11.9 Å². The third-order valence-corrected chi connectivity index (χ3v) is 3.93. The molecule has 5 nitrogen and oxygen atoms in total. The van der Waals surface area contributed by atoms with Crippen LogP contribution in [0.5, 0.6) is 0 Å². The molecule has 3 N–H and O–H groups in total. The zero-order valence-corrected chi connectivity index (χ0v) is 12.9. The van der Waals surface area contributed by atoms with E-state index in [1.54, 1.807) is 29.8 Å². The summed E-state index contributed by atoms with van der Waals surface area (Å²) in [6.45, 7) is 2.07. The molecule has 7 heteroatoms. The molecule has 1 atom stereocenters. The molecule has 1 rings (SSSR count). The monoisotopic (exact) mass is 302 g/mol. The van der Waals surface area contributed by atoms with Crippen LogP contribution in [0.3, 0.4) is 0 Å². The Morgan fingerprint density at radius 3 is 2.84 bits per heavy atom. The van der Waals surface area contributed by atoms with Gasteiger partial charge in [0.1, 0.15) is 0 Å². The Labute approximate surface area is 122 Å². The number of thioether (sulfide) groups is 1. The van der Waals surface area contributed by atoms with E-state index >= 15 is 0 Å². The first-order valence-corrected chi connectivity index (χ1v) is 7.70. The number of anilines is 1. The highest BCUT2D eigenvalue weighted by Gasteiger charge is 2.20. The number of carbonyl (C=O) groups is 1. The molecule has 1 heterocycles. The van der Waals surface area contributed by atoms with Gasteiger partial charge in [0.2, 0.25) is 0 Å². The number of aromatic nitrogens is 1. The maximum Gasteiger partial charge on any atom is 0.255 e. The van der Waals surface area contributed by atoms with Gasteiger partial charge in [0.25, 0.3) is 5.91 Å². The summed E-state index contributed by atoms with van der Waals surface area (Å²) in [6.07, 6.45) is 4.42. The van der Waals surface area contributed by atoms with Crippen molar-refractivity contribution in [1.29, 1.82) is 0 Å². The molecule has 0 saturated carbocycles. The van der Waals surface area contributed by atoms with Crippen molar-refractivity contribution in [2.45, 2.75) is 19.4 Å². The Kier molecular flexibility index (Phi) is 6.41. The average Bonchev–Trinajstić information content (AvgIpc) is 2.43. The number of pyridine rings is 1. The number of carbonyl (C=O) groups excluding carboxylic acids is 1. The van der Waals surface area contributed by atoms with E-state index in [1.165, 1.54) is 6.20 Å². The largest absolute Gasteiger partial charge is 0.338 e. The van der Waals surface area contributed by atoms with Gasteiger partial charge in [-0.2, -0.15) is 11.8 Å². The lowest BCUT2D eigenvalue weighted by Crippen LogP contribution is -2.38. The van der Waals surface area contributed by atoms with E-state index < -0.39 is 0 Å². The van der Waals surface area contributed by atoms with Gasteiger partial charge in [-0.25, -0.2) is 10.8 Å². The minimum Gasteiger partial charge on any atom is -0.338 e. The van der Waals surface area contributed by atoms with Crippen LogP contribution in [0.15, 0.2) is 12.3 Å². The first-order chi connectivity index (χ1) is 9.04. The smallest absolute Gasteiger partial charge is 0.255 e. The van der Waals surface area contributed by atoms with Crippen LogP contribution in [-0.4, -0.2) is 40.9 Å². The van der Waals surface area contributed by atoms with Crippen LogP contribution in [-0.2, 0) is 0 Å². The van der Waals surface area contributed by atoms with Crippen molar-refractivity contribution in [1.82, 2.24) is 9.88 Å². The second-order valence-electron chi connectivity index (χ2n) is 4.13. The van der Waals surface area contributed by atoms with Gasteiger partial charge in [-0.15, -0.1) is 0 Å². The minimum absolute atomic E-state index is 0.0844. The first-order valence-electron chi connectivity index (χ1n) is 5.93. The molecule has 0 bridgehead atoms. The molecular formula is C12H19ClN4OS. The molecule has 0 aliphatic carbocycles. The molecule has 0 aliphatic heterocycles. The van der Waals surface area contributed by atoms with Crippen molar-refractivity contribution in [3.63, 3.8) is 0 Å². The summed E-state index contributed by atoms with van der Waals surface area (Å²) in [4.78, 5) is 18.1. The second kappa shape index (κ2) is 7.57. The number of rotatable bonds is 6. The average molecular weight is 303 g/mol. The molecule has 0 aromatic carbocycles. The lowest BCUT2D eigenvalue weighted by Gasteiger charge is -2.26. The van der Waals surface area contributed by atoms with Gasteiger partial charge < -0.3 is 10.3 Å². The molecule has 0 fully saturated rings. The van der Waals surface area contributed by atoms with Gasteiger partial charge >= 0.3 is 0 Å². The van der Waals surface area contributed by atoms with Crippen molar-refractivity contribution in [2.75, 3.05) is 24.5 Å². The number of hydrazine groups is 1. The molecular weight excluding hydrogens is 284 g/mol. The van der Waals surface area contributed by atoms with Gasteiger partial charge in [-0.3, -0.25) is 4.79 Å². The Morgan fingerprint density at radius 1 is 1.68 bits per heavy atom. The summed E-state index contributed by atoms with van der Waals surface area (Å²) < 4.78 is 0. The predicted octanol–water partition coefficient (Wildman–Crippen LogP) is 2.23. The maximum atomic E-state index is 12.3. The second-order valence-corrected chi connectivity index (χ2v) is 5.45. The molecule has 19 heavy (non-hydrogen) atoms. The topological polar surface area (TPSA) is 71.2 Å². The number of hydrogen-bond donors (Lipinski definition) is 2. The van der Waals surface area contributed by atoms with E-state index in [0.29, 0.717) is 16.4 Å². The molecule has 1 amide bonds. The summed E-state index contributed by atoms with van der Waals surface area (Å²) >= 11 is 7.70. The van der Waals surface area contributed by atoms with Crippen molar-refractivity contribution < 1.29 is 4.79 Å². The van der Waals surface area contributed by atoms with Crippen LogP contribution < -0.4 is 11.3 Å². The third-order valence-electron chi connectivity index (χ3n) is 2.92. The van der Waals surface area contributed by atoms with Gasteiger partial charge in [-0.1, -0.05) is 18.5 Å². The highest BCUT2D eigenvalue weighted by molar-refractivity contribution is 7.98. The van der Waals surface area contributed by atoms with Crippen LogP contribution in [0, 0.1) is 0 Å². The van der Waals surface area contributed by atoms with E-state index in [9.17, 15) is 4.79 Å². The predicted molar refractivity (Wildman–Crippen MR) is 81.6 cm³/mol. The summed E-state index contributed by atoms with van der Waals surface area (Å²) in [7, 11) is 1.80. The number of halogens is 1. The van der Waals surface area contributed by atoms with Gasteiger partial charge in [0, 0.05) is 25.0 Å². The third kappa shape index (κ3) is 3.99. The van der Waals surface area contributed by atoms with Gasteiger partial charge in [0.05, 0.1) is 10.6 Å². The van der Waals surface area contributed by atoms with E-state index in [1.807, 2.05) is 6.26 Å². The summed E-state index contributed by atoms with van der Waals surface area (Å²) in [5, 5.41) is 0.333. The lowest BCUT2D eigenvalue weighted by molar-refractivity contribution is 0.0743. The molecule has 0 saturated heterocycles. The normalized spacial score (nSPS) is 12.1. The van der Waals surface area contributed by atoms with Gasteiger partial charge in [0.15, 0.2) is 5.82 Å². The molecule has 1 aromatic rings. The van der Waals surface area contributed by atoms with E-state index in [4.69, 9.17) is 17.4 Å². The maximum absolute atomic E-state index is 12.3. The summed E-state index contributed by atoms with van der Waals surface area (Å²) in [5.74, 6) is 6.43. The quantitative estimate of drug-likeness (QED) is 0.623. The summed E-state index contributed by atoms with van der Waals surface area (Å²) in [6, 6.07) is 1.78. The van der Waals surface area contributed by atoms with E-state index in [0.717, 1.165) is 12.2 Å². The van der Waals surface area contributed by atoms with Crippen molar-refractivity contribution in [2.24, 2.45) is 5.84 Å². The van der Waals surface area contributed by atoms with Crippen molar-refractivity contribution >= 4 is 35.1 Å². The molecule has 0 radical (unpaired) electrons. The SMILES string of the molecule is CCC(CSC)N(C)C(=O)c1cnc(NN)c(Cl)c1. The Balaban J connectivity index is 2.90. The van der Waals surface area contributed by atoms with Crippen LogP contribution in [0.4, 0.5) is 5.82 Å². The van der Waals surface area contributed by atoms with E-state index in [2.05, 4.69) is 17.3 Å². The highest BCUT2D eigenvalue weighted by atomic mass is 35.5. The molecule has 0 aliphatic rings. The van der Waals surface area contributed by atoms with Crippen LogP contribution in [0.25, 0.3) is 0 Å². The standard InChI is InChI=1S/C12H19ClN4OS/c1-4-9(7-19-3)17(2)12(18)8-5-10(13)11(16-14)15-6-8/h5-6,9H,4,7,14H2,1-3H3,(H,15,16). The van der Waals surface area contributed by atoms with Crippen LogP contribution >= 0.6 is 23.4 Å². The van der Waals surface area contributed by atoms with Crippen molar-refractivity contribution in [3.05, 3.63) is 22.8 Å². The molecule has 1 unspecified atom stereocenters. The van der Waals surface area contributed by atoms with Crippen LogP contribution in [0.2, 0.25) is 5.02 Å². The minimum atomic E-state index is -0.0844. The zero-order valence-electron chi connectivity index (χ0n) is 11.3. The highest BCUT2D eigenvalue weighted by Crippen LogP contribution is 2.20. The molecule has 106 valence electrons. The number of nitrogen functional groups attached to an aromatic ring is 1. The number of nitrogens with zero attached hydrogens (tertiary/aromatic N) is 2. The van der Waals surface area contributed by atoms with Crippen molar-refractivity contribution in [3.8, 4) is 0 Å². The number of nitrogens with one attached hydrogen (secondary N) is 1. The zero-order chi connectivity index (χ0) is 14.4. The number of nitrogens with two attached hydrogens (primary N) is 1. The molecule has 0 spiro atoms. The fourth-order valence-corrected chi connectivity index (χ4v) is 2.79. The summed E-state index contributed by atoms with van der Waals surface area (Å²) in [5.41, 5.74) is 2.84. The molecule has 1 aromatic heterocycles. The Morgan fingerprint density at radius 2 is 2.37 bits per heavy atom. The fraction of sp³-hybridized carbons (Fsp3) is 0.500. The Hall–Kier alpha value is -0.980. The number of amides is 1. The van der Waals surface area contributed by atoms with Crippen LogP contribution in [0.1, 0.15) is 23.7 Å². The number of hydrogen-bond acceptors (Lipinski definition) is 5. The first kappa shape index (κ1) is 16.1. The van der Waals surface area contributed by atoms with Gasteiger partial charge in [-0.05, 0) is 18.7 Å².